The molecule has 0 radical (unpaired) electrons. The third-order valence-corrected chi connectivity index (χ3v) is 4.49. The van der Waals surface area contributed by atoms with Crippen LogP contribution in [0.15, 0.2) is 34.7 Å². The van der Waals surface area contributed by atoms with Gasteiger partial charge in [-0.2, -0.15) is 0 Å². The highest BCUT2D eigenvalue weighted by molar-refractivity contribution is 5.78. The third-order valence-electron chi connectivity index (χ3n) is 4.49. The van der Waals surface area contributed by atoms with Gasteiger partial charge in [0.05, 0.1) is 12.3 Å². The minimum Gasteiger partial charge on any atom is -0.425 e. The maximum Gasteiger partial charge on any atom is 0.227 e. The number of carbonyl (C=O) groups is 1. The highest BCUT2D eigenvalue weighted by Gasteiger charge is 2.28. The Labute approximate surface area is 149 Å². The summed E-state index contributed by atoms with van der Waals surface area (Å²) in [6.07, 6.45) is 3.19. The molecule has 1 saturated heterocycles. The molecule has 1 aliphatic rings. The molecule has 0 spiro atoms. The van der Waals surface area contributed by atoms with Crippen molar-refractivity contribution in [3.05, 3.63) is 47.7 Å². The van der Waals surface area contributed by atoms with Crippen molar-refractivity contribution in [3.63, 3.8) is 0 Å². The van der Waals surface area contributed by atoms with E-state index in [1.807, 2.05) is 35.2 Å². The fourth-order valence-corrected chi connectivity index (χ4v) is 3.24. The molecule has 5 nitrogen and oxygen atoms in total. The number of nitrogens with zero attached hydrogens (tertiary/aromatic N) is 3. The molecule has 1 aliphatic heterocycles. The zero-order chi connectivity index (χ0) is 17.9. The molecule has 1 aromatic carbocycles. The molecule has 25 heavy (non-hydrogen) atoms. The highest BCUT2D eigenvalue weighted by atomic mass is 16.4. The lowest BCUT2D eigenvalue weighted by atomic mass is 9.92. The Bertz CT molecular complexity index is 703. The average Bonchev–Trinajstić information content (AvgIpc) is 3.02. The summed E-state index contributed by atoms with van der Waals surface area (Å²) in [6, 6.07) is 9.90. The topological polar surface area (TPSA) is 59.2 Å². The summed E-state index contributed by atoms with van der Waals surface area (Å²) in [4.78, 5) is 14.5. The van der Waals surface area contributed by atoms with Gasteiger partial charge in [0.1, 0.15) is 0 Å². The van der Waals surface area contributed by atoms with Crippen LogP contribution < -0.4 is 0 Å². The molecule has 134 valence electrons. The Morgan fingerprint density at radius 1 is 1.24 bits per heavy atom. The van der Waals surface area contributed by atoms with Gasteiger partial charge in [0.25, 0.3) is 0 Å². The predicted molar refractivity (Wildman–Crippen MR) is 96.2 cm³/mol. The largest absolute Gasteiger partial charge is 0.425 e. The van der Waals surface area contributed by atoms with E-state index < -0.39 is 0 Å². The van der Waals surface area contributed by atoms with Crippen LogP contribution in [0.4, 0.5) is 0 Å². The second-order valence-corrected chi connectivity index (χ2v) is 8.11. The van der Waals surface area contributed by atoms with Gasteiger partial charge < -0.3 is 9.32 Å². The molecule has 0 saturated carbocycles. The van der Waals surface area contributed by atoms with Crippen molar-refractivity contribution in [1.29, 1.82) is 0 Å². The number of benzene rings is 1. The van der Waals surface area contributed by atoms with Gasteiger partial charge in [0.15, 0.2) is 0 Å². The number of rotatable bonds is 4. The molecular formula is C20H27N3O2. The predicted octanol–water partition coefficient (Wildman–Crippen LogP) is 3.61. The van der Waals surface area contributed by atoms with Crippen LogP contribution in [0, 0.1) is 5.41 Å². The van der Waals surface area contributed by atoms with Crippen molar-refractivity contribution in [3.8, 4) is 0 Å². The molecule has 5 heteroatoms. The lowest BCUT2D eigenvalue weighted by Crippen LogP contribution is -2.40. The first-order chi connectivity index (χ1) is 11.9. The van der Waals surface area contributed by atoms with Crippen LogP contribution in [0.1, 0.15) is 56.9 Å². The van der Waals surface area contributed by atoms with Crippen LogP contribution in [-0.4, -0.2) is 34.1 Å². The normalized spacial score (nSPS) is 18.4. The van der Waals surface area contributed by atoms with E-state index in [-0.39, 0.29) is 17.2 Å². The number of likely N-dealkylation sites (tertiary alicyclic amines) is 1. The minimum atomic E-state index is 0.119. The highest BCUT2D eigenvalue weighted by Crippen LogP contribution is 2.28. The minimum absolute atomic E-state index is 0.119. The van der Waals surface area contributed by atoms with Crippen LogP contribution in [0.25, 0.3) is 0 Å². The van der Waals surface area contributed by atoms with E-state index in [0.717, 1.165) is 31.4 Å². The third kappa shape index (κ3) is 4.91. The monoisotopic (exact) mass is 341 g/mol. The summed E-state index contributed by atoms with van der Waals surface area (Å²) >= 11 is 0. The van der Waals surface area contributed by atoms with E-state index in [2.05, 4.69) is 31.0 Å². The maximum absolute atomic E-state index is 12.6. The van der Waals surface area contributed by atoms with Gasteiger partial charge in [0, 0.05) is 19.5 Å². The van der Waals surface area contributed by atoms with Crippen molar-refractivity contribution >= 4 is 5.91 Å². The van der Waals surface area contributed by atoms with E-state index in [1.54, 1.807) is 0 Å². The molecule has 0 N–H and O–H groups in total. The molecule has 1 fully saturated rings. The molecule has 0 aliphatic carbocycles. The van der Waals surface area contributed by atoms with Crippen molar-refractivity contribution in [2.45, 2.75) is 52.4 Å². The summed E-state index contributed by atoms with van der Waals surface area (Å²) in [5.41, 5.74) is 1.17. The van der Waals surface area contributed by atoms with E-state index in [9.17, 15) is 4.79 Å². The van der Waals surface area contributed by atoms with Crippen molar-refractivity contribution < 1.29 is 9.21 Å². The van der Waals surface area contributed by atoms with Crippen molar-refractivity contribution in [2.24, 2.45) is 5.41 Å². The number of carbonyl (C=O) groups excluding carboxylic acids is 1. The summed E-state index contributed by atoms with van der Waals surface area (Å²) in [5, 5.41) is 8.44. The fraction of sp³-hybridized carbons (Fsp3) is 0.550. The van der Waals surface area contributed by atoms with Crippen LogP contribution in [0.2, 0.25) is 0 Å². The van der Waals surface area contributed by atoms with Crippen molar-refractivity contribution in [1.82, 2.24) is 15.1 Å². The Hall–Kier alpha value is -2.17. The molecule has 3 rings (SSSR count). The summed E-state index contributed by atoms with van der Waals surface area (Å²) < 4.78 is 5.89. The van der Waals surface area contributed by atoms with Gasteiger partial charge in [0.2, 0.25) is 17.7 Å². The second kappa shape index (κ2) is 7.38. The summed E-state index contributed by atoms with van der Waals surface area (Å²) in [6.45, 7) is 7.94. The SMILES string of the molecule is CC(C)(C)Cc1nnc(C2CCCN(C(=O)Cc3ccccc3)C2)o1. The molecular weight excluding hydrogens is 314 g/mol. The van der Waals surface area contributed by atoms with E-state index in [0.29, 0.717) is 24.7 Å². The Kier molecular flexibility index (Phi) is 5.21. The van der Waals surface area contributed by atoms with E-state index in [4.69, 9.17) is 4.42 Å². The quantitative estimate of drug-likeness (QED) is 0.852. The van der Waals surface area contributed by atoms with E-state index >= 15 is 0 Å². The Morgan fingerprint density at radius 2 is 2.00 bits per heavy atom. The number of piperidine rings is 1. The molecule has 2 aromatic rings. The summed E-state index contributed by atoms with van der Waals surface area (Å²) in [5.74, 6) is 1.69. The smallest absolute Gasteiger partial charge is 0.227 e. The lowest BCUT2D eigenvalue weighted by Gasteiger charge is -2.31. The molecule has 1 atom stereocenters. The van der Waals surface area contributed by atoms with Crippen LogP contribution in [-0.2, 0) is 17.6 Å². The lowest BCUT2D eigenvalue weighted by molar-refractivity contribution is -0.131. The molecule has 1 aromatic heterocycles. The standard InChI is InChI=1S/C20H27N3O2/c1-20(2,3)13-17-21-22-19(25-17)16-10-7-11-23(14-16)18(24)12-15-8-5-4-6-9-15/h4-6,8-9,16H,7,10-14H2,1-3H3. The van der Waals surface area contributed by atoms with E-state index in [1.165, 1.54) is 0 Å². The Morgan fingerprint density at radius 3 is 2.72 bits per heavy atom. The van der Waals surface area contributed by atoms with Crippen LogP contribution >= 0.6 is 0 Å². The maximum atomic E-state index is 12.6. The Balaban J connectivity index is 1.62. The fourth-order valence-electron chi connectivity index (χ4n) is 3.24. The molecule has 1 unspecified atom stereocenters. The van der Waals surface area contributed by atoms with Crippen LogP contribution in [0.5, 0.6) is 0 Å². The zero-order valence-corrected chi connectivity index (χ0v) is 15.4. The average molecular weight is 341 g/mol. The van der Waals surface area contributed by atoms with Gasteiger partial charge >= 0.3 is 0 Å². The molecule has 2 heterocycles. The first kappa shape index (κ1) is 17.6. The van der Waals surface area contributed by atoms with Gasteiger partial charge in [-0.3, -0.25) is 4.79 Å². The van der Waals surface area contributed by atoms with Gasteiger partial charge in [-0.25, -0.2) is 0 Å². The second-order valence-electron chi connectivity index (χ2n) is 8.11. The van der Waals surface area contributed by atoms with Crippen LogP contribution in [0.3, 0.4) is 0 Å². The van der Waals surface area contributed by atoms with Gasteiger partial charge in [-0.1, -0.05) is 51.1 Å². The number of hydrogen-bond acceptors (Lipinski definition) is 4. The zero-order valence-electron chi connectivity index (χ0n) is 15.4. The van der Waals surface area contributed by atoms with Crippen molar-refractivity contribution in [2.75, 3.05) is 13.1 Å². The first-order valence-electron chi connectivity index (χ1n) is 9.05. The van der Waals surface area contributed by atoms with Gasteiger partial charge in [-0.05, 0) is 23.8 Å². The number of aromatic nitrogens is 2. The molecule has 1 amide bonds. The van der Waals surface area contributed by atoms with Gasteiger partial charge in [-0.15, -0.1) is 10.2 Å². The number of amides is 1. The molecule has 0 bridgehead atoms. The summed E-state index contributed by atoms with van der Waals surface area (Å²) in [7, 11) is 0. The first-order valence-corrected chi connectivity index (χ1v) is 9.05. The number of hydrogen-bond donors (Lipinski definition) is 0.